The summed E-state index contributed by atoms with van der Waals surface area (Å²) in [6.45, 7) is 0.285. The maximum absolute atomic E-state index is 12.9. The van der Waals surface area contributed by atoms with Crippen molar-refractivity contribution in [3.63, 3.8) is 0 Å². The summed E-state index contributed by atoms with van der Waals surface area (Å²) in [5, 5.41) is 3.21. The zero-order chi connectivity index (χ0) is 13.2. The molecule has 1 N–H and O–H groups in total. The molecule has 1 saturated carbocycles. The van der Waals surface area contributed by atoms with Crippen LogP contribution in [0.25, 0.3) is 0 Å². The molecule has 1 aromatic rings. The number of halogens is 4. The number of alkyl halides is 3. The fourth-order valence-corrected chi connectivity index (χ4v) is 2.71. The number of rotatable bonds is 3. The summed E-state index contributed by atoms with van der Waals surface area (Å²) in [6.07, 6.45) is 0.181. The Labute approximate surface area is 113 Å². The summed E-state index contributed by atoms with van der Waals surface area (Å²) in [5.74, 6) is 0. The molecule has 100 valence electrons. The Morgan fingerprint density at radius 3 is 2.50 bits per heavy atom. The van der Waals surface area contributed by atoms with E-state index in [9.17, 15) is 13.2 Å². The van der Waals surface area contributed by atoms with Crippen LogP contribution in [0.5, 0.6) is 0 Å². The van der Waals surface area contributed by atoms with E-state index in [1.54, 1.807) is 6.07 Å². The Morgan fingerprint density at radius 1 is 1.22 bits per heavy atom. The van der Waals surface area contributed by atoms with E-state index in [-0.39, 0.29) is 6.54 Å². The van der Waals surface area contributed by atoms with Crippen molar-refractivity contribution in [1.82, 2.24) is 5.32 Å². The first-order valence-corrected chi connectivity index (χ1v) is 6.85. The molecular weight excluding hydrogens is 307 g/mol. The highest BCUT2D eigenvalue weighted by Gasteiger charge is 2.33. The Morgan fingerprint density at radius 2 is 1.89 bits per heavy atom. The summed E-state index contributed by atoms with van der Waals surface area (Å²) in [5.41, 5.74) is -0.236. The van der Waals surface area contributed by atoms with Crippen LogP contribution in [0.4, 0.5) is 13.2 Å². The molecule has 0 heterocycles. The molecule has 0 radical (unpaired) electrons. The number of hydrogen-bond acceptors (Lipinski definition) is 1. The van der Waals surface area contributed by atoms with Crippen molar-refractivity contribution >= 4 is 15.9 Å². The normalized spacial score (nSPS) is 17.3. The van der Waals surface area contributed by atoms with Gasteiger partial charge in [0.2, 0.25) is 0 Å². The summed E-state index contributed by atoms with van der Waals surface area (Å²) in [6, 6.07) is 4.70. The van der Waals surface area contributed by atoms with Gasteiger partial charge in [-0.15, -0.1) is 0 Å². The Bertz CT molecular complexity index is 411. The zero-order valence-electron chi connectivity index (χ0n) is 9.86. The van der Waals surface area contributed by atoms with Gasteiger partial charge in [0.1, 0.15) is 0 Å². The predicted molar refractivity (Wildman–Crippen MR) is 68.2 cm³/mol. The van der Waals surface area contributed by atoms with Gasteiger partial charge in [-0.2, -0.15) is 13.2 Å². The Hall–Kier alpha value is -0.550. The lowest BCUT2D eigenvalue weighted by Crippen LogP contribution is -2.26. The molecule has 0 bridgehead atoms. The fourth-order valence-electron chi connectivity index (χ4n) is 2.35. The van der Waals surface area contributed by atoms with Crippen LogP contribution in [-0.2, 0) is 12.7 Å². The van der Waals surface area contributed by atoms with Crippen LogP contribution < -0.4 is 5.32 Å². The van der Waals surface area contributed by atoms with E-state index >= 15 is 0 Å². The van der Waals surface area contributed by atoms with Crippen molar-refractivity contribution in [2.75, 3.05) is 0 Å². The van der Waals surface area contributed by atoms with Gasteiger partial charge in [-0.3, -0.25) is 0 Å². The SMILES string of the molecule is FC(F)(F)c1cc(Br)ccc1CNC1CCCC1. The predicted octanol–water partition coefficient (Wildman–Crippen LogP) is 4.50. The van der Waals surface area contributed by atoms with Gasteiger partial charge in [0.25, 0.3) is 0 Å². The van der Waals surface area contributed by atoms with E-state index in [4.69, 9.17) is 0 Å². The zero-order valence-corrected chi connectivity index (χ0v) is 11.4. The lowest BCUT2D eigenvalue weighted by molar-refractivity contribution is -0.138. The van der Waals surface area contributed by atoms with Crippen molar-refractivity contribution in [3.05, 3.63) is 33.8 Å². The third-order valence-electron chi connectivity index (χ3n) is 3.31. The maximum atomic E-state index is 12.9. The summed E-state index contributed by atoms with van der Waals surface area (Å²) in [4.78, 5) is 0. The molecule has 0 amide bonds. The van der Waals surface area contributed by atoms with E-state index in [1.165, 1.54) is 18.9 Å². The largest absolute Gasteiger partial charge is 0.416 e. The molecule has 5 heteroatoms. The van der Waals surface area contributed by atoms with Gasteiger partial charge in [0.05, 0.1) is 5.56 Å². The lowest BCUT2D eigenvalue weighted by atomic mass is 10.1. The van der Waals surface area contributed by atoms with E-state index in [0.29, 0.717) is 16.1 Å². The van der Waals surface area contributed by atoms with Crippen LogP contribution >= 0.6 is 15.9 Å². The minimum absolute atomic E-state index is 0.285. The topological polar surface area (TPSA) is 12.0 Å². The summed E-state index contributed by atoms with van der Waals surface area (Å²) >= 11 is 3.09. The minimum Gasteiger partial charge on any atom is -0.310 e. The second-order valence-electron chi connectivity index (χ2n) is 4.66. The van der Waals surface area contributed by atoms with E-state index in [1.807, 2.05) is 0 Å². The third kappa shape index (κ3) is 3.48. The van der Waals surface area contributed by atoms with Gasteiger partial charge in [-0.05, 0) is 30.5 Å². The highest BCUT2D eigenvalue weighted by molar-refractivity contribution is 9.10. The quantitative estimate of drug-likeness (QED) is 0.864. The van der Waals surface area contributed by atoms with Crippen LogP contribution in [0.2, 0.25) is 0 Å². The standard InChI is InChI=1S/C13H15BrF3N/c14-10-6-5-9(12(7-10)13(15,16)17)8-18-11-3-1-2-4-11/h5-7,11,18H,1-4,8H2. The Kier molecular flexibility index (Phi) is 4.33. The Balaban J connectivity index is 2.11. The van der Waals surface area contributed by atoms with Gasteiger partial charge in [0.15, 0.2) is 0 Å². The molecule has 0 aromatic heterocycles. The first-order valence-electron chi connectivity index (χ1n) is 6.06. The highest BCUT2D eigenvalue weighted by atomic mass is 79.9. The molecule has 0 aliphatic heterocycles. The van der Waals surface area contributed by atoms with E-state index < -0.39 is 11.7 Å². The van der Waals surface area contributed by atoms with Crippen molar-refractivity contribution in [2.45, 2.75) is 44.4 Å². The summed E-state index contributed by atoms with van der Waals surface area (Å²) in [7, 11) is 0. The molecule has 1 aliphatic carbocycles. The molecule has 0 atom stereocenters. The van der Waals surface area contributed by atoms with Crippen LogP contribution in [0.3, 0.4) is 0 Å². The van der Waals surface area contributed by atoms with Gasteiger partial charge >= 0.3 is 6.18 Å². The smallest absolute Gasteiger partial charge is 0.310 e. The first-order chi connectivity index (χ1) is 8.47. The molecule has 0 unspecified atom stereocenters. The highest BCUT2D eigenvalue weighted by Crippen LogP contribution is 2.34. The second-order valence-corrected chi connectivity index (χ2v) is 5.58. The maximum Gasteiger partial charge on any atom is 0.416 e. The van der Waals surface area contributed by atoms with Gasteiger partial charge in [0, 0.05) is 17.1 Å². The molecule has 18 heavy (non-hydrogen) atoms. The van der Waals surface area contributed by atoms with E-state index in [0.717, 1.165) is 18.9 Å². The van der Waals surface area contributed by atoms with Crippen LogP contribution in [0.1, 0.15) is 36.8 Å². The van der Waals surface area contributed by atoms with Crippen molar-refractivity contribution in [3.8, 4) is 0 Å². The molecule has 0 saturated heterocycles. The van der Waals surface area contributed by atoms with Crippen LogP contribution in [0, 0.1) is 0 Å². The molecule has 1 fully saturated rings. The van der Waals surface area contributed by atoms with Gasteiger partial charge in [-0.25, -0.2) is 0 Å². The number of nitrogens with one attached hydrogen (secondary N) is 1. The first kappa shape index (κ1) is 13.9. The summed E-state index contributed by atoms with van der Waals surface area (Å²) < 4.78 is 39.1. The number of hydrogen-bond donors (Lipinski definition) is 1. The molecule has 2 rings (SSSR count). The second kappa shape index (κ2) is 5.61. The van der Waals surface area contributed by atoms with Crippen LogP contribution in [0.15, 0.2) is 22.7 Å². The molecule has 1 aromatic carbocycles. The van der Waals surface area contributed by atoms with Crippen molar-refractivity contribution in [1.29, 1.82) is 0 Å². The lowest BCUT2D eigenvalue weighted by Gasteiger charge is -2.16. The van der Waals surface area contributed by atoms with E-state index in [2.05, 4.69) is 21.2 Å². The molecule has 1 nitrogen and oxygen atoms in total. The molecule has 0 spiro atoms. The van der Waals surface area contributed by atoms with Gasteiger partial charge in [-0.1, -0.05) is 34.8 Å². The molecule has 1 aliphatic rings. The van der Waals surface area contributed by atoms with Crippen molar-refractivity contribution in [2.24, 2.45) is 0 Å². The fraction of sp³-hybridized carbons (Fsp3) is 0.538. The van der Waals surface area contributed by atoms with Crippen molar-refractivity contribution < 1.29 is 13.2 Å². The average Bonchev–Trinajstić information content (AvgIpc) is 2.79. The average molecular weight is 322 g/mol. The van der Waals surface area contributed by atoms with Gasteiger partial charge < -0.3 is 5.32 Å². The third-order valence-corrected chi connectivity index (χ3v) is 3.81. The molecular formula is C13H15BrF3N. The number of benzene rings is 1. The monoisotopic (exact) mass is 321 g/mol. The van der Waals surface area contributed by atoms with Crippen LogP contribution in [-0.4, -0.2) is 6.04 Å². The minimum atomic E-state index is -4.30.